The van der Waals surface area contributed by atoms with Gasteiger partial charge < -0.3 is 9.80 Å². The van der Waals surface area contributed by atoms with E-state index in [1.807, 2.05) is 0 Å². The van der Waals surface area contributed by atoms with E-state index in [1.54, 1.807) is 0 Å². The summed E-state index contributed by atoms with van der Waals surface area (Å²) in [5.41, 5.74) is 34.5. The van der Waals surface area contributed by atoms with Crippen LogP contribution < -0.4 is 28.1 Å². The Hall–Kier alpha value is -6.92. The molecular formula is C66H78N6+4. The number of rotatable bonds is 12. The maximum absolute atomic E-state index is 2.54. The molecule has 0 saturated heterocycles. The van der Waals surface area contributed by atoms with Crippen molar-refractivity contribution in [1.82, 2.24) is 0 Å². The van der Waals surface area contributed by atoms with Gasteiger partial charge in [-0.15, -0.1) is 0 Å². The van der Waals surface area contributed by atoms with Gasteiger partial charge >= 0.3 is 0 Å². The molecule has 0 saturated carbocycles. The zero-order valence-corrected chi connectivity index (χ0v) is 46.3. The van der Waals surface area contributed by atoms with Crippen LogP contribution in [0.2, 0.25) is 0 Å². The quantitative estimate of drug-likeness (QED) is 0.114. The molecule has 0 radical (unpaired) electrons. The van der Waals surface area contributed by atoms with Gasteiger partial charge in [0.05, 0.1) is 22.7 Å². The molecule has 0 atom stereocenters. The van der Waals surface area contributed by atoms with Crippen molar-refractivity contribution in [2.45, 2.75) is 136 Å². The molecule has 5 heterocycles. The Morgan fingerprint density at radius 2 is 0.625 bits per heavy atom. The lowest BCUT2D eigenvalue weighted by Crippen LogP contribution is -2.42. The number of fused-ring (bicyclic) bond motifs is 2. The lowest BCUT2D eigenvalue weighted by Gasteiger charge is -2.41. The van der Waals surface area contributed by atoms with Crippen LogP contribution in [0.15, 0.2) is 109 Å². The largest absolute Gasteiger partial charge is 0.334 e. The number of anilines is 4. The predicted octanol–water partition coefficient (Wildman–Crippen LogP) is 12.5. The summed E-state index contributed by atoms with van der Waals surface area (Å²) in [5.74, 6) is 0. The van der Waals surface area contributed by atoms with Gasteiger partial charge in [0.2, 0.25) is 0 Å². The first-order valence-electron chi connectivity index (χ1n) is 26.1. The Bertz CT molecular complexity index is 3360. The third-order valence-electron chi connectivity index (χ3n) is 17.0. The minimum Gasteiger partial charge on any atom is -0.334 e. The molecule has 0 N–H and O–H groups in total. The Kier molecular flexibility index (Phi) is 13.9. The van der Waals surface area contributed by atoms with Crippen molar-refractivity contribution in [1.29, 1.82) is 0 Å². The number of aromatic nitrogens is 4. The number of hydrogen-bond donors (Lipinski definition) is 0. The highest BCUT2D eigenvalue weighted by Gasteiger charge is 2.30. The molecule has 4 aromatic heterocycles. The fourth-order valence-electron chi connectivity index (χ4n) is 11.3. The molecule has 6 heteroatoms. The van der Waals surface area contributed by atoms with Crippen LogP contribution in [0.5, 0.6) is 0 Å². The number of pyridine rings is 4. The molecule has 6 nitrogen and oxygen atoms in total. The van der Waals surface area contributed by atoms with Crippen molar-refractivity contribution in [2.75, 3.05) is 9.80 Å². The highest BCUT2D eigenvalue weighted by Crippen LogP contribution is 2.50. The molecule has 1 aliphatic rings. The third-order valence-corrected chi connectivity index (χ3v) is 17.0. The minimum absolute atomic E-state index is 0.783. The lowest BCUT2D eigenvalue weighted by atomic mass is 9.95. The number of nitrogens with zero attached hydrogens (tertiary/aromatic N) is 6. The molecule has 368 valence electrons. The summed E-state index contributed by atoms with van der Waals surface area (Å²) in [5, 5.41) is 0. The van der Waals surface area contributed by atoms with Crippen LogP contribution in [0.1, 0.15) is 123 Å². The van der Waals surface area contributed by atoms with E-state index in [2.05, 4.69) is 248 Å². The molecule has 0 unspecified atom stereocenters. The highest BCUT2D eigenvalue weighted by molar-refractivity contribution is 5.93. The average Bonchev–Trinajstić information content (AvgIpc) is 3.36. The van der Waals surface area contributed by atoms with Crippen LogP contribution in [0.3, 0.4) is 0 Å². The van der Waals surface area contributed by atoms with Gasteiger partial charge in [0.25, 0.3) is 0 Å². The standard InChI is InChI=1S/C66H78N6/c1-41-17-27-63-65(29-41)72(40-58-25-21-56(22-26-58)38-70-46(6)34-62(50(10)54(70)14)36-60-32-44(4)68(16)52(12)48(60)8)66-30-42(2)18-28-64(66)71(63)39-57-23-19-55(20-24-57)37-69-45(5)33-61(49(9)53(69)13)35-59-31-43(3)67(15)51(11)47(59)7/h17-34H,35-40H2,1-16H3/q+4. The van der Waals surface area contributed by atoms with Crippen molar-refractivity contribution in [3.8, 4) is 0 Å². The fourth-order valence-corrected chi connectivity index (χ4v) is 11.3. The first kappa shape index (κ1) is 50.0. The van der Waals surface area contributed by atoms with E-state index < -0.39 is 0 Å². The number of benzene rings is 4. The molecule has 0 bridgehead atoms. The summed E-state index contributed by atoms with van der Waals surface area (Å²) in [6, 6.07) is 42.2. The van der Waals surface area contributed by atoms with Gasteiger partial charge in [0.1, 0.15) is 14.1 Å². The van der Waals surface area contributed by atoms with E-state index >= 15 is 0 Å². The van der Waals surface area contributed by atoms with Gasteiger partial charge in [-0.2, -0.15) is 9.13 Å². The first-order valence-corrected chi connectivity index (χ1v) is 26.1. The van der Waals surface area contributed by atoms with Gasteiger partial charge in [-0.1, -0.05) is 60.7 Å². The van der Waals surface area contributed by atoms with Crippen molar-refractivity contribution >= 4 is 22.7 Å². The van der Waals surface area contributed by atoms with Crippen LogP contribution in [0.4, 0.5) is 22.7 Å². The summed E-state index contributed by atoms with van der Waals surface area (Å²) in [4.78, 5) is 5.07. The summed E-state index contributed by atoms with van der Waals surface area (Å²) in [7, 11) is 4.33. The average molecular weight is 955 g/mol. The summed E-state index contributed by atoms with van der Waals surface area (Å²) in [6.45, 7) is 34.8. The van der Waals surface area contributed by atoms with Gasteiger partial charge in [-0.05, 0) is 123 Å². The van der Waals surface area contributed by atoms with E-state index in [4.69, 9.17) is 0 Å². The molecular weight excluding hydrogens is 877 g/mol. The van der Waals surface area contributed by atoms with Crippen molar-refractivity contribution in [3.05, 3.63) is 233 Å². The van der Waals surface area contributed by atoms with Crippen molar-refractivity contribution in [2.24, 2.45) is 14.1 Å². The van der Waals surface area contributed by atoms with E-state index in [9.17, 15) is 0 Å². The zero-order chi connectivity index (χ0) is 51.4. The molecule has 0 amide bonds. The lowest BCUT2D eigenvalue weighted by molar-refractivity contribution is -0.700. The number of aryl methyl sites for hydroxylation is 6. The highest BCUT2D eigenvalue weighted by atomic mass is 15.3. The topological polar surface area (TPSA) is 22.0 Å². The Balaban J connectivity index is 0.925. The van der Waals surface area contributed by atoms with Crippen LogP contribution in [0, 0.1) is 96.9 Å². The molecule has 0 fully saturated rings. The predicted molar refractivity (Wildman–Crippen MR) is 296 cm³/mol. The van der Waals surface area contributed by atoms with Gasteiger partial charge in [-0.25, -0.2) is 9.13 Å². The van der Waals surface area contributed by atoms with E-state index in [1.165, 1.54) is 146 Å². The molecule has 0 spiro atoms. The molecule has 72 heavy (non-hydrogen) atoms. The number of hydrogen-bond acceptors (Lipinski definition) is 2. The van der Waals surface area contributed by atoms with Gasteiger partial charge in [0, 0.05) is 126 Å². The Morgan fingerprint density at radius 3 is 0.986 bits per heavy atom. The Labute approximate surface area is 431 Å². The normalized spacial score (nSPS) is 12.2. The van der Waals surface area contributed by atoms with E-state index in [-0.39, 0.29) is 0 Å². The Morgan fingerprint density at radius 1 is 0.319 bits per heavy atom. The van der Waals surface area contributed by atoms with Crippen LogP contribution in [-0.2, 0) is 53.1 Å². The molecule has 8 aromatic rings. The minimum atomic E-state index is 0.783. The van der Waals surface area contributed by atoms with Crippen molar-refractivity contribution < 1.29 is 18.3 Å². The van der Waals surface area contributed by atoms with Crippen molar-refractivity contribution in [3.63, 3.8) is 0 Å². The first-order chi connectivity index (χ1) is 34.3. The summed E-state index contributed by atoms with van der Waals surface area (Å²) in [6.07, 6.45) is 1.91. The second-order valence-electron chi connectivity index (χ2n) is 21.5. The summed E-state index contributed by atoms with van der Waals surface area (Å²) >= 11 is 0. The monoisotopic (exact) mass is 955 g/mol. The molecule has 4 aromatic carbocycles. The fraction of sp³-hybridized carbons (Fsp3) is 0.333. The van der Waals surface area contributed by atoms with E-state index in [0.29, 0.717) is 0 Å². The smallest absolute Gasteiger partial charge is 0.181 e. The molecule has 1 aliphatic heterocycles. The zero-order valence-electron chi connectivity index (χ0n) is 46.3. The third kappa shape index (κ3) is 9.61. The second-order valence-corrected chi connectivity index (χ2v) is 21.5. The summed E-state index contributed by atoms with van der Waals surface area (Å²) < 4.78 is 9.57. The van der Waals surface area contributed by atoms with Crippen LogP contribution in [0.25, 0.3) is 0 Å². The van der Waals surface area contributed by atoms with E-state index in [0.717, 1.165) is 39.0 Å². The van der Waals surface area contributed by atoms with Crippen LogP contribution in [-0.4, -0.2) is 0 Å². The molecule has 0 aliphatic carbocycles. The maximum atomic E-state index is 2.54. The van der Waals surface area contributed by atoms with Crippen LogP contribution >= 0.6 is 0 Å². The maximum Gasteiger partial charge on any atom is 0.181 e. The van der Waals surface area contributed by atoms with Gasteiger partial charge in [0.15, 0.2) is 58.6 Å². The van der Waals surface area contributed by atoms with Gasteiger partial charge in [-0.3, -0.25) is 0 Å². The molecule has 9 rings (SSSR count). The second kappa shape index (κ2) is 19.9. The SMILES string of the molecule is Cc1ccc2c(c1)N(Cc1ccc(C[n+]3c(C)cc(Cc4cc(C)[n+](C)c(C)c4C)c(C)c3C)cc1)c1cc(C)ccc1N2Cc1ccc(C[n+]2c(C)cc(Cc3cc(C)[n+](C)c(C)c3C)c(C)c2C)cc1.